The summed E-state index contributed by atoms with van der Waals surface area (Å²) in [6, 6.07) is 3.73. The third-order valence-corrected chi connectivity index (χ3v) is 3.85. The average Bonchev–Trinajstić information content (AvgIpc) is 2.78. The van der Waals surface area contributed by atoms with Crippen molar-refractivity contribution in [1.29, 1.82) is 0 Å². The molecule has 1 aliphatic heterocycles. The Morgan fingerprint density at radius 1 is 1.56 bits per heavy atom. The van der Waals surface area contributed by atoms with Crippen molar-refractivity contribution in [2.45, 2.75) is 25.4 Å². The largest absolute Gasteiger partial charge is 0.503 e. The van der Waals surface area contributed by atoms with Crippen molar-refractivity contribution in [3.8, 4) is 11.5 Å². The van der Waals surface area contributed by atoms with Crippen LogP contribution in [0.4, 0.5) is 0 Å². The Morgan fingerprint density at radius 3 is 2.94 bits per heavy atom. The van der Waals surface area contributed by atoms with Gasteiger partial charge in [0.05, 0.1) is 18.2 Å². The number of hydrogen-bond acceptors (Lipinski definition) is 4. The third kappa shape index (κ3) is 2.96. The number of benzene rings is 1. The van der Waals surface area contributed by atoms with Gasteiger partial charge >= 0.3 is 0 Å². The van der Waals surface area contributed by atoms with Crippen molar-refractivity contribution in [2.24, 2.45) is 0 Å². The van der Waals surface area contributed by atoms with Gasteiger partial charge in [-0.1, -0.05) is 0 Å². The number of methoxy groups -OCH3 is 1. The second-order valence-corrected chi connectivity index (χ2v) is 5.70. The summed E-state index contributed by atoms with van der Waals surface area (Å²) in [5.74, 6) is 0.616. The molecule has 5 heteroatoms. The van der Waals surface area contributed by atoms with Gasteiger partial charge < -0.3 is 19.9 Å². The van der Waals surface area contributed by atoms with Crippen molar-refractivity contribution in [3.63, 3.8) is 0 Å². The van der Waals surface area contributed by atoms with E-state index in [0.29, 0.717) is 10.2 Å². The highest BCUT2D eigenvalue weighted by Gasteiger charge is 2.28. The van der Waals surface area contributed by atoms with Crippen LogP contribution >= 0.6 is 15.9 Å². The fourth-order valence-corrected chi connectivity index (χ4v) is 2.50. The summed E-state index contributed by atoms with van der Waals surface area (Å²) in [7, 11) is 1.55. The highest BCUT2D eigenvalue weighted by atomic mass is 79.9. The van der Waals surface area contributed by atoms with Crippen molar-refractivity contribution in [3.05, 3.63) is 22.2 Å². The molecule has 0 bridgehead atoms. The highest BCUT2D eigenvalue weighted by Crippen LogP contribution is 2.35. The summed E-state index contributed by atoms with van der Waals surface area (Å²) >= 11 is 3.32. The molecule has 0 amide bonds. The van der Waals surface area contributed by atoms with Crippen LogP contribution in [0, 0.1) is 0 Å². The zero-order valence-electron chi connectivity index (χ0n) is 10.6. The van der Waals surface area contributed by atoms with E-state index in [0.717, 1.165) is 31.7 Å². The van der Waals surface area contributed by atoms with E-state index in [1.54, 1.807) is 7.11 Å². The van der Waals surface area contributed by atoms with Crippen molar-refractivity contribution >= 4 is 15.9 Å². The Hall–Kier alpha value is -0.780. The number of nitrogens with one attached hydrogen (secondary N) is 1. The molecule has 1 aromatic carbocycles. The van der Waals surface area contributed by atoms with Gasteiger partial charge in [0.1, 0.15) is 0 Å². The van der Waals surface area contributed by atoms with E-state index in [1.165, 1.54) is 0 Å². The first-order valence-electron chi connectivity index (χ1n) is 5.92. The molecule has 18 heavy (non-hydrogen) atoms. The Kier molecular flexibility index (Phi) is 4.14. The Labute approximate surface area is 115 Å². The van der Waals surface area contributed by atoms with Crippen LogP contribution in [0.15, 0.2) is 16.6 Å². The monoisotopic (exact) mass is 315 g/mol. The van der Waals surface area contributed by atoms with Gasteiger partial charge in [-0.2, -0.15) is 0 Å². The minimum absolute atomic E-state index is 0.0393. The summed E-state index contributed by atoms with van der Waals surface area (Å²) in [5, 5.41) is 13.2. The number of hydrogen-bond donors (Lipinski definition) is 2. The number of rotatable bonds is 4. The second kappa shape index (κ2) is 5.47. The quantitative estimate of drug-likeness (QED) is 0.896. The van der Waals surface area contributed by atoms with Gasteiger partial charge in [-0.3, -0.25) is 0 Å². The number of halogens is 1. The van der Waals surface area contributed by atoms with Gasteiger partial charge in [0.15, 0.2) is 11.5 Å². The maximum Gasteiger partial charge on any atom is 0.172 e. The van der Waals surface area contributed by atoms with Gasteiger partial charge in [0.25, 0.3) is 0 Å². The molecule has 1 saturated heterocycles. The molecule has 2 N–H and O–H groups in total. The zero-order chi connectivity index (χ0) is 13.2. The molecule has 4 nitrogen and oxygen atoms in total. The van der Waals surface area contributed by atoms with Crippen molar-refractivity contribution in [2.75, 3.05) is 20.3 Å². The van der Waals surface area contributed by atoms with Gasteiger partial charge in [-0.05, 0) is 47.0 Å². The molecule has 0 spiro atoms. The molecule has 0 aliphatic carbocycles. The van der Waals surface area contributed by atoms with E-state index < -0.39 is 0 Å². The van der Waals surface area contributed by atoms with Gasteiger partial charge in [-0.25, -0.2) is 0 Å². The zero-order valence-corrected chi connectivity index (χ0v) is 12.2. The molecule has 100 valence electrons. The number of ether oxygens (including phenoxy) is 2. The van der Waals surface area contributed by atoms with Crippen molar-refractivity contribution < 1.29 is 14.6 Å². The predicted octanol–water partition coefficient (Wildman–Crippen LogP) is 2.43. The number of phenolic OH excluding ortho intramolecular Hbond substituents is 1. The maximum absolute atomic E-state index is 9.74. The standard InChI is InChI=1S/C13H18BrNO3/c1-13(3-4-18-8-13)15-7-9-5-10(14)12(16)11(6-9)17-2/h5-6,15-16H,3-4,7-8H2,1-2H3. The third-order valence-electron chi connectivity index (χ3n) is 3.25. The van der Waals surface area contributed by atoms with E-state index >= 15 is 0 Å². The average molecular weight is 316 g/mol. The molecule has 0 radical (unpaired) electrons. The highest BCUT2D eigenvalue weighted by molar-refractivity contribution is 9.10. The van der Waals surface area contributed by atoms with Crippen LogP contribution in [0.1, 0.15) is 18.9 Å². The first-order chi connectivity index (χ1) is 8.54. The van der Waals surface area contributed by atoms with Crippen LogP contribution in [0.2, 0.25) is 0 Å². The lowest BCUT2D eigenvalue weighted by Crippen LogP contribution is -2.42. The lowest BCUT2D eigenvalue weighted by Gasteiger charge is -2.24. The summed E-state index contributed by atoms with van der Waals surface area (Å²) in [6.07, 6.45) is 1.02. The fourth-order valence-electron chi connectivity index (χ4n) is 2.01. The van der Waals surface area contributed by atoms with Crippen LogP contribution in [-0.4, -0.2) is 31.0 Å². The molecule has 0 saturated carbocycles. The van der Waals surface area contributed by atoms with Crippen LogP contribution in [0.5, 0.6) is 11.5 Å². The molecule has 0 aromatic heterocycles. The van der Waals surface area contributed by atoms with E-state index in [9.17, 15) is 5.11 Å². The molecule has 1 aliphatic rings. The molecule has 1 heterocycles. The Bertz CT molecular complexity index is 430. The van der Waals surface area contributed by atoms with Crippen LogP contribution in [0.3, 0.4) is 0 Å². The molecular formula is C13H18BrNO3. The van der Waals surface area contributed by atoms with Crippen LogP contribution in [-0.2, 0) is 11.3 Å². The van der Waals surface area contributed by atoms with E-state index in [-0.39, 0.29) is 11.3 Å². The van der Waals surface area contributed by atoms with Gasteiger partial charge in [-0.15, -0.1) is 0 Å². The SMILES string of the molecule is COc1cc(CNC2(C)CCOC2)cc(Br)c1O. The minimum Gasteiger partial charge on any atom is -0.503 e. The number of aromatic hydroxyl groups is 1. The second-order valence-electron chi connectivity index (χ2n) is 4.85. The Morgan fingerprint density at radius 2 is 2.33 bits per heavy atom. The number of phenols is 1. The fraction of sp³-hybridized carbons (Fsp3) is 0.538. The lowest BCUT2D eigenvalue weighted by atomic mass is 10.0. The first-order valence-corrected chi connectivity index (χ1v) is 6.71. The topological polar surface area (TPSA) is 50.7 Å². The van der Waals surface area contributed by atoms with Gasteiger partial charge in [0.2, 0.25) is 0 Å². The predicted molar refractivity (Wildman–Crippen MR) is 73.0 cm³/mol. The van der Waals surface area contributed by atoms with Crippen molar-refractivity contribution in [1.82, 2.24) is 5.32 Å². The molecular weight excluding hydrogens is 298 g/mol. The van der Waals surface area contributed by atoms with E-state index in [1.807, 2.05) is 12.1 Å². The van der Waals surface area contributed by atoms with Gasteiger partial charge in [0, 0.05) is 18.7 Å². The minimum atomic E-state index is 0.0393. The van der Waals surface area contributed by atoms with E-state index in [2.05, 4.69) is 28.2 Å². The summed E-state index contributed by atoms with van der Waals surface area (Å²) in [5.41, 5.74) is 1.10. The Balaban J connectivity index is 2.07. The lowest BCUT2D eigenvalue weighted by molar-refractivity contribution is 0.171. The molecule has 2 rings (SSSR count). The van der Waals surface area contributed by atoms with Crippen LogP contribution in [0.25, 0.3) is 0 Å². The van der Waals surface area contributed by atoms with E-state index in [4.69, 9.17) is 9.47 Å². The summed E-state index contributed by atoms with van der Waals surface area (Å²) in [6.45, 7) is 4.43. The smallest absolute Gasteiger partial charge is 0.172 e. The van der Waals surface area contributed by atoms with Crippen LogP contribution < -0.4 is 10.1 Å². The molecule has 1 atom stereocenters. The maximum atomic E-state index is 9.74. The normalized spacial score (nSPS) is 23.3. The molecule has 1 unspecified atom stereocenters. The first kappa shape index (κ1) is 13.6. The summed E-state index contributed by atoms with van der Waals surface area (Å²) < 4.78 is 11.2. The molecule has 1 aromatic rings. The molecule has 1 fully saturated rings. The summed E-state index contributed by atoms with van der Waals surface area (Å²) in [4.78, 5) is 0.